The number of anilines is 1. The first-order valence-corrected chi connectivity index (χ1v) is 6.89. The van der Waals surface area contributed by atoms with E-state index < -0.39 is 0 Å². The van der Waals surface area contributed by atoms with Crippen molar-refractivity contribution in [3.05, 3.63) is 35.9 Å². The molecule has 1 unspecified atom stereocenters. The summed E-state index contributed by atoms with van der Waals surface area (Å²) < 4.78 is 5.43. The van der Waals surface area contributed by atoms with Gasteiger partial charge in [0.05, 0.1) is 18.2 Å². The molecule has 3 N–H and O–H groups in total. The van der Waals surface area contributed by atoms with Crippen molar-refractivity contribution < 1.29 is 9.94 Å². The number of ether oxygens (including phenoxy) is 1. The lowest BCUT2D eigenvalue weighted by Crippen LogP contribution is -2.32. The van der Waals surface area contributed by atoms with Crippen LogP contribution < -0.4 is 10.6 Å². The molecule has 6 nitrogen and oxygen atoms in total. The van der Waals surface area contributed by atoms with E-state index in [1.165, 1.54) is 0 Å². The Kier molecular flexibility index (Phi) is 3.62. The van der Waals surface area contributed by atoms with Crippen molar-refractivity contribution in [1.82, 2.24) is 4.98 Å². The summed E-state index contributed by atoms with van der Waals surface area (Å²) in [6.07, 6.45) is 0.976. The molecule has 110 valence electrons. The molecule has 1 aromatic heterocycles. The van der Waals surface area contributed by atoms with Crippen LogP contribution in [0.3, 0.4) is 0 Å². The third-order valence-corrected chi connectivity index (χ3v) is 3.90. The fourth-order valence-corrected chi connectivity index (χ4v) is 2.62. The molecule has 2 heterocycles. The third kappa shape index (κ3) is 2.50. The highest BCUT2D eigenvalue weighted by molar-refractivity contribution is 6.08. The van der Waals surface area contributed by atoms with Crippen LogP contribution in [0.5, 0.6) is 0 Å². The second-order valence-corrected chi connectivity index (χ2v) is 5.16. The zero-order chi connectivity index (χ0) is 14.8. The van der Waals surface area contributed by atoms with Gasteiger partial charge in [-0.1, -0.05) is 23.4 Å². The minimum absolute atomic E-state index is 0.0888. The van der Waals surface area contributed by atoms with Crippen LogP contribution in [-0.4, -0.2) is 42.3 Å². The van der Waals surface area contributed by atoms with Gasteiger partial charge in [-0.25, -0.2) is 4.98 Å². The van der Waals surface area contributed by atoms with Crippen molar-refractivity contribution in [2.24, 2.45) is 10.9 Å². The molecule has 1 fully saturated rings. The number of pyridine rings is 1. The topological polar surface area (TPSA) is 84.0 Å². The van der Waals surface area contributed by atoms with E-state index in [4.69, 9.17) is 15.7 Å². The molecule has 2 aromatic rings. The van der Waals surface area contributed by atoms with Gasteiger partial charge in [0.25, 0.3) is 0 Å². The van der Waals surface area contributed by atoms with Gasteiger partial charge in [0.1, 0.15) is 5.82 Å². The molecule has 0 bridgehead atoms. The Hall–Kier alpha value is -2.34. The van der Waals surface area contributed by atoms with Crippen LogP contribution in [0.2, 0.25) is 0 Å². The summed E-state index contributed by atoms with van der Waals surface area (Å²) in [5.41, 5.74) is 7.32. The molecule has 1 atom stereocenters. The number of nitrogens with two attached hydrogens (primary N) is 1. The number of rotatable bonds is 3. The minimum atomic E-state index is 0.0888. The summed E-state index contributed by atoms with van der Waals surface area (Å²) in [6, 6.07) is 9.83. The van der Waals surface area contributed by atoms with Gasteiger partial charge in [0.2, 0.25) is 0 Å². The summed E-state index contributed by atoms with van der Waals surface area (Å²) in [6.45, 7) is 1.47. The first-order chi connectivity index (χ1) is 10.2. The van der Waals surface area contributed by atoms with Crippen LogP contribution in [0.15, 0.2) is 35.5 Å². The van der Waals surface area contributed by atoms with Crippen LogP contribution >= 0.6 is 0 Å². The largest absolute Gasteiger partial charge is 0.409 e. The second kappa shape index (κ2) is 5.57. The molecular weight excluding hydrogens is 268 g/mol. The predicted octanol–water partition coefficient (Wildman–Crippen LogP) is 1.55. The molecule has 0 radical (unpaired) electrons. The van der Waals surface area contributed by atoms with Crippen LogP contribution in [0.25, 0.3) is 10.9 Å². The summed E-state index contributed by atoms with van der Waals surface area (Å²) in [5, 5.41) is 13.0. The van der Waals surface area contributed by atoms with Gasteiger partial charge >= 0.3 is 0 Å². The van der Waals surface area contributed by atoms with Crippen LogP contribution in [0.4, 0.5) is 5.82 Å². The van der Waals surface area contributed by atoms with Gasteiger partial charge in [-0.05, 0) is 18.6 Å². The van der Waals surface area contributed by atoms with E-state index in [0.29, 0.717) is 18.2 Å². The van der Waals surface area contributed by atoms with Crippen LogP contribution in [-0.2, 0) is 4.74 Å². The van der Waals surface area contributed by atoms with Crippen molar-refractivity contribution in [3.8, 4) is 0 Å². The molecule has 3 rings (SSSR count). The number of fused-ring (bicyclic) bond motifs is 1. The molecule has 21 heavy (non-hydrogen) atoms. The average molecular weight is 286 g/mol. The van der Waals surface area contributed by atoms with E-state index >= 15 is 0 Å². The minimum Gasteiger partial charge on any atom is -0.409 e. The van der Waals surface area contributed by atoms with Gasteiger partial charge < -0.3 is 20.6 Å². The first kappa shape index (κ1) is 13.6. The molecule has 0 amide bonds. The molecule has 1 saturated heterocycles. The predicted molar refractivity (Wildman–Crippen MR) is 81.9 cm³/mol. The van der Waals surface area contributed by atoms with Gasteiger partial charge in [0, 0.05) is 24.6 Å². The molecule has 1 aromatic carbocycles. The summed E-state index contributed by atoms with van der Waals surface area (Å²) in [5.74, 6) is 0.886. The lowest BCUT2D eigenvalue weighted by atomic mass is 10.1. The quantitative estimate of drug-likeness (QED) is 0.387. The Bertz CT molecular complexity index is 680. The fourth-order valence-electron chi connectivity index (χ4n) is 2.62. The zero-order valence-electron chi connectivity index (χ0n) is 11.9. The Morgan fingerprint density at radius 1 is 1.48 bits per heavy atom. The normalized spacial score (nSPS) is 19.1. The highest BCUT2D eigenvalue weighted by Crippen LogP contribution is 2.25. The monoisotopic (exact) mass is 286 g/mol. The fraction of sp³-hybridized carbons (Fsp3) is 0.333. The van der Waals surface area contributed by atoms with E-state index in [-0.39, 0.29) is 5.84 Å². The van der Waals surface area contributed by atoms with E-state index in [1.54, 1.807) is 0 Å². The van der Waals surface area contributed by atoms with E-state index in [9.17, 15) is 0 Å². The Morgan fingerprint density at radius 2 is 2.29 bits per heavy atom. The molecule has 0 saturated carbocycles. The number of oxime groups is 1. The van der Waals surface area contributed by atoms with Crippen molar-refractivity contribution >= 4 is 22.6 Å². The standard InChI is InChI=1S/C15H18N4O2/c1-19(10-6-7-21-9-10)14-8-12(15(16)18-20)11-4-2-3-5-13(11)17-14/h2-5,8,10,20H,6-7,9H2,1H3,(H2,16,18). The molecule has 0 aliphatic carbocycles. The molecule has 1 aliphatic rings. The van der Waals surface area contributed by atoms with Crippen molar-refractivity contribution in [3.63, 3.8) is 0 Å². The Balaban J connectivity index is 2.11. The Morgan fingerprint density at radius 3 is 3.00 bits per heavy atom. The third-order valence-electron chi connectivity index (χ3n) is 3.90. The number of amidine groups is 1. The van der Waals surface area contributed by atoms with Crippen molar-refractivity contribution in [2.45, 2.75) is 12.5 Å². The summed E-state index contributed by atoms with van der Waals surface area (Å²) >= 11 is 0. The highest BCUT2D eigenvalue weighted by Gasteiger charge is 2.22. The number of likely N-dealkylation sites (N-methyl/N-ethyl adjacent to an activating group) is 1. The molecule has 1 aliphatic heterocycles. The number of nitrogens with zero attached hydrogens (tertiary/aromatic N) is 3. The van der Waals surface area contributed by atoms with Gasteiger partial charge in [-0.2, -0.15) is 0 Å². The van der Waals surface area contributed by atoms with Crippen LogP contribution in [0, 0.1) is 0 Å². The Labute approximate surface area is 122 Å². The molecule has 0 spiro atoms. The van der Waals surface area contributed by atoms with E-state index in [1.807, 2.05) is 37.4 Å². The second-order valence-electron chi connectivity index (χ2n) is 5.16. The average Bonchev–Trinajstić information content (AvgIpc) is 3.06. The van der Waals surface area contributed by atoms with Gasteiger partial charge in [-0.15, -0.1) is 0 Å². The maximum Gasteiger partial charge on any atom is 0.170 e. The molecule has 6 heteroatoms. The summed E-state index contributed by atoms with van der Waals surface area (Å²) in [7, 11) is 1.99. The number of para-hydroxylation sites is 1. The van der Waals surface area contributed by atoms with E-state index in [0.717, 1.165) is 29.7 Å². The maximum absolute atomic E-state index is 9.00. The van der Waals surface area contributed by atoms with Crippen LogP contribution in [0.1, 0.15) is 12.0 Å². The number of hydrogen-bond donors (Lipinski definition) is 2. The number of aromatic nitrogens is 1. The van der Waals surface area contributed by atoms with Crippen molar-refractivity contribution in [2.75, 3.05) is 25.2 Å². The van der Waals surface area contributed by atoms with E-state index in [2.05, 4.69) is 15.0 Å². The maximum atomic E-state index is 9.00. The van der Waals surface area contributed by atoms with Crippen molar-refractivity contribution in [1.29, 1.82) is 0 Å². The zero-order valence-corrected chi connectivity index (χ0v) is 11.9. The van der Waals surface area contributed by atoms with Gasteiger partial charge in [-0.3, -0.25) is 0 Å². The smallest absolute Gasteiger partial charge is 0.170 e. The van der Waals surface area contributed by atoms with Gasteiger partial charge in [0.15, 0.2) is 5.84 Å². The summed E-state index contributed by atoms with van der Waals surface area (Å²) in [4.78, 5) is 6.77. The molecular formula is C15H18N4O2. The SMILES string of the molecule is CN(c1cc(/C(N)=N/O)c2ccccc2n1)C1CCOC1. The lowest BCUT2D eigenvalue weighted by Gasteiger charge is -2.25. The number of hydrogen-bond acceptors (Lipinski definition) is 5. The first-order valence-electron chi connectivity index (χ1n) is 6.89. The highest BCUT2D eigenvalue weighted by atomic mass is 16.5. The lowest BCUT2D eigenvalue weighted by molar-refractivity contribution is 0.193. The number of benzene rings is 1.